The van der Waals surface area contributed by atoms with Crippen molar-refractivity contribution in [2.75, 3.05) is 4.90 Å². The van der Waals surface area contributed by atoms with Gasteiger partial charge in [-0.1, -0.05) is 37.3 Å². The molecule has 0 unspecified atom stereocenters. The Morgan fingerprint density at radius 1 is 1.33 bits per heavy atom. The molecule has 0 spiro atoms. The van der Waals surface area contributed by atoms with E-state index in [2.05, 4.69) is 42.6 Å². The molecule has 2 aromatic heterocycles. The van der Waals surface area contributed by atoms with Gasteiger partial charge >= 0.3 is 0 Å². The molecule has 8 heteroatoms. The zero-order valence-electron chi connectivity index (χ0n) is 19.5. The summed E-state index contributed by atoms with van der Waals surface area (Å²) in [5.74, 6) is 1.28. The van der Waals surface area contributed by atoms with Gasteiger partial charge in [-0.05, 0) is 38.2 Å². The lowest BCUT2D eigenvalue weighted by atomic mass is 9.92. The minimum absolute atomic E-state index is 0.0488. The summed E-state index contributed by atoms with van der Waals surface area (Å²) in [4.78, 5) is 20.0. The molecule has 0 saturated heterocycles. The fourth-order valence-electron chi connectivity index (χ4n) is 4.38. The highest BCUT2D eigenvalue weighted by Crippen LogP contribution is 2.37. The number of amides is 1. The maximum absolute atomic E-state index is 12.5. The van der Waals surface area contributed by atoms with Crippen molar-refractivity contribution in [3.05, 3.63) is 70.7 Å². The van der Waals surface area contributed by atoms with Crippen molar-refractivity contribution in [1.82, 2.24) is 20.1 Å². The van der Waals surface area contributed by atoms with Crippen LogP contribution >= 0.6 is 11.3 Å². The number of carbonyl (C=O) groups excluding carboxylic acids is 1. The number of nitrogens with one attached hydrogen (secondary N) is 1. The molecule has 2 aromatic rings. The van der Waals surface area contributed by atoms with Crippen LogP contribution in [0.25, 0.3) is 5.57 Å². The molecule has 1 amide bonds. The first kappa shape index (κ1) is 21.7. The van der Waals surface area contributed by atoms with E-state index in [-0.39, 0.29) is 11.4 Å². The maximum Gasteiger partial charge on any atom is 0.263 e. The molecule has 0 atom stereocenters. The maximum atomic E-state index is 12.5. The molecule has 0 bridgehead atoms. The molecular weight excluding hydrogens is 434 g/mol. The van der Waals surface area contributed by atoms with E-state index >= 15 is 0 Å². The van der Waals surface area contributed by atoms with E-state index in [1.54, 1.807) is 6.26 Å². The van der Waals surface area contributed by atoms with Crippen molar-refractivity contribution in [3.63, 3.8) is 0 Å². The Kier molecular flexibility index (Phi) is 5.48. The van der Waals surface area contributed by atoms with E-state index in [1.165, 1.54) is 11.3 Å². The number of aromatic nitrogens is 3. The van der Waals surface area contributed by atoms with Crippen LogP contribution < -0.4 is 10.2 Å². The van der Waals surface area contributed by atoms with Crippen molar-refractivity contribution in [2.24, 2.45) is 5.92 Å². The first-order valence-electron chi connectivity index (χ1n) is 11.4. The third kappa shape index (κ3) is 4.39. The Morgan fingerprint density at radius 3 is 3.00 bits per heavy atom. The quantitative estimate of drug-likeness (QED) is 0.675. The average Bonchev–Trinajstić information content (AvgIpc) is 3.40. The number of hydrogen-bond acceptors (Lipinski definition) is 6. The molecule has 172 valence electrons. The number of ether oxygens (including phenoxy) is 1. The van der Waals surface area contributed by atoms with Gasteiger partial charge in [-0.3, -0.25) is 14.4 Å². The Labute approximate surface area is 198 Å². The fraction of sp³-hybridized carbons (Fsp3) is 0.400. The topological polar surface area (TPSA) is 72.3 Å². The number of anilines is 1. The second-order valence-electron chi connectivity index (χ2n) is 9.77. The molecule has 1 aliphatic carbocycles. The van der Waals surface area contributed by atoms with Gasteiger partial charge in [0.25, 0.3) is 5.91 Å². The SMILES string of the molecule is CC(C)Cn1cc(C2=C(C3=CN(c4nc5c(s4)C(=O)NC(C)(C)C5)C=CO3)CCC=C2)cn1. The molecular formula is C25H29N5O2S. The number of rotatable bonds is 5. The van der Waals surface area contributed by atoms with Crippen LogP contribution in [0.4, 0.5) is 5.13 Å². The highest BCUT2D eigenvalue weighted by molar-refractivity contribution is 7.17. The second-order valence-corrected chi connectivity index (χ2v) is 10.7. The van der Waals surface area contributed by atoms with E-state index in [9.17, 15) is 4.79 Å². The molecule has 0 radical (unpaired) electrons. The number of nitrogens with zero attached hydrogens (tertiary/aromatic N) is 4. The standard InChI is InChI=1S/C25H29N5O2S/c1-16(2)13-30-14-17(12-26-30)18-7-5-6-8-19(18)21-15-29(9-10-32-21)24-27-20-11-25(3,4)28-23(31)22(20)33-24/h5,7,9-10,12,14-16H,6,8,11,13H2,1-4H3,(H,28,31). The van der Waals surface area contributed by atoms with Crippen LogP contribution in [-0.4, -0.2) is 26.2 Å². The number of fused-ring (bicyclic) bond motifs is 1. The zero-order valence-corrected chi connectivity index (χ0v) is 20.3. The summed E-state index contributed by atoms with van der Waals surface area (Å²) in [7, 11) is 0. The van der Waals surface area contributed by atoms with Crippen LogP contribution in [0.2, 0.25) is 0 Å². The second kappa shape index (κ2) is 8.33. The van der Waals surface area contributed by atoms with Crippen LogP contribution in [0.15, 0.2) is 54.5 Å². The van der Waals surface area contributed by atoms with E-state index in [4.69, 9.17) is 9.72 Å². The normalized spacial score (nSPS) is 19.5. The summed E-state index contributed by atoms with van der Waals surface area (Å²) in [6, 6.07) is 0. The largest absolute Gasteiger partial charge is 0.462 e. The van der Waals surface area contributed by atoms with Gasteiger partial charge in [-0.2, -0.15) is 5.10 Å². The molecule has 7 nitrogen and oxygen atoms in total. The first-order chi connectivity index (χ1) is 15.8. The van der Waals surface area contributed by atoms with E-state index in [0.717, 1.165) is 59.1 Å². The third-order valence-electron chi connectivity index (χ3n) is 5.81. The smallest absolute Gasteiger partial charge is 0.263 e. The lowest BCUT2D eigenvalue weighted by molar-refractivity contribution is 0.0901. The molecule has 1 N–H and O–H groups in total. The molecule has 0 aromatic carbocycles. The van der Waals surface area contributed by atoms with Crippen LogP contribution in [0.5, 0.6) is 0 Å². The first-order valence-corrected chi connectivity index (χ1v) is 12.2. The number of thiazole rings is 1. The van der Waals surface area contributed by atoms with Crippen molar-refractivity contribution in [3.8, 4) is 0 Å². The Morgan fingerprint density at radius 2 is 2.18 bits per heavy atom. The number of hydrogen-bond donors (Lipinski definition) is 1. The fourth-order valence-corrected chi connectivity index (χ4v) is 5.31. The van der Waals surface area contributed by atoms with Gasteiger partial charge in [0.15, 0.2) is 5.13 Å². The summed E-state index contributed by atoms with van der Waals surface area (Å²) in [6.07, 6.45) is 16.5. The van der Waals surface area contributed by atoms with E-state index in [1.807, 2.05) is 42.0 Å². The minimum atomic E-state index is -0.286. The van der Waals surface area contributed by atoms with Gasteiger partial charge in [-0.15, -0.1) is 0 Å². The van der Waals surface area contributed by atoms with Gasteiger partial charge in [0.2, 0.25) is 0 Å². The highest BCUT2D eigenvalue weighted by Gasteiger charge is 2.34. The van der Waals surface area contributed by atoms with Gasteiger partial charge in [0.05, 0.1) is 18.1 Å². The predicted octanol–water partition coefficient (Wildman–Crippen LogP) is 5.01. The Hall–Kier alpha value is -3.13. The van der Waals surface area contributed by atoms with Crippen LogP contribution in [0.3, 0.4) is 0 Å². The molecule has 5 rings (SSSR count). The van der Waals surface area contributed by atoms with Gasteiger partial charge in [0.1, 0.15) is 16.9 Å². The molecule has 33 heavy (non-hydrogen) atoms. The zero-order chi connectivity index (χ0) is 23.2. The van der Waals surface area contributed by atoms with Crippen LogP contribution in [0, 0.1) is 5.92 Å². The van der Waals surface area contributed by atoms with Crippen LogP contribution in [-0.2, 0) is 17.7 Å². The molecule has 2 aliphatic heterocycles. The summed E-state index contributed by atoms with van der Waals surface area (Å²) >= 11 is 1.41. The van der Waals surface area contributed by atoms with Crippen LogP contribution in [0.1, 0.15) is 61.5 Å². The average molecular weight is 464 g/mol. The third-order valence-corrected chi connectivity index (χ3v) is 6.92. The van der Waals surface area contributed by atoms with Crippen molar-refractivity contribution in [1.29, 1.82) is 0 Å². The van der Waals surface area contributed by atoms with Crippen molar-refractivity contribution in [2.45, 2.75) is 59.0 Å². The van der Waals surface area contributed by atoms with E-state index < -0.39 is 0 Å². The summed E-state index contributed by atoms with van der Waals surface area (Å²) in [6.45, 7) is 9.31. The number of carbonyl (C=O) groups is 1. The monoisotopic (exact) mass is 463 g/mol. The highest BCUT2D eigenvalue weighted by atomic mass is 32.1. The lowest BCUT2D eigenvalue weighted by Crippen LogP contribution is -2.48. The van der Waals surface area contributed by atoms with Crippen molar-refractivity contribution < 1.29 is 9.53 Å². The summed E-state index contributed by atoms with van der Waals surface area (Å²) in [5, 5.41) is 8.37. The molecule has 4 heterocycles. The molecule has 0 fully saturated rings. The van der Waals surface area contributed by atoms with E-state index in [0.29, 0.717) is 10.8 Å². The lowest BCUT2D eigenvalue weighted by Gasteiger charge is -2.29. The summed E-state index contributed by atoms with van der Waals surface area (Å²) < 4.78 is 7.97. The van der Waals surface area contributed by atoms with Gasteiger partial charge in [0, 0.05) is 42.0 Å². The van der Waals surface area contributed by atoms with Crippen molar-refractivity contribution >= 4 is 27.9 Å². The predicted molar refractivity (Wildman–Crippen MR) is 131 cm³/mol. The minimum Gasteiger partial charge on any atom is -0.462 e. The van der Waals surface area contributed by atoms with Gasteiger partial charge in [-0.25, -0.2) is 4.98 Å². The molecule has 0 saturated carbocycles. The summed E-state index contributed by atoms with van der Waals surface area (Å²) in [5.41, 5.74) is 3.95. The Bertz CT molecular complexity index is 1210. The molecule has 3 aliphatic rings. The number of allylic oxidation sites excluding steroid dienone is 4. The Balaban J connectivity index is 1.47. The van der Waals surface area contributed by atoms with Gasteiger partial charge < -0.3 is 10.1 Å².